The van der Waals surface area contributed by atoms with Crippen LogP contribution in [0, 0.1) is 0 Å². The largest absolute Gasteiger partial charge is 0.460 e. The number of nitrogens with one attached hydrogen (secondary N) is 1. The number of β-lactam (4-membered cyclic amide) rings is 1. The van der Waals surface area contributed by atoms with E-state index in [2.05, 4.69) is 5.32 Å². The summed E-state index contributed by atoms with van der Waals surface area (Å²) in [6.45, 7) is 1.36. The summed E-state index contributed by atoms with van der Waals surface area (Å²) in [5, 5.41) is 3.62. The van der Waals surface area contributed by atoms with E-state index in [1.165, 1.54) is 28.0 Å². The second-order valence-corrected chi connectivity index (χ2v) is 10.8. The van der Waals surface area contributed by atoms with E-state index in [0.29, 0.717) is 5.57 Å². The summed E-state index contributed by atoms with van der Waals surface area (Å²) < 4.78 is 3.36. The van der Waals surface area contributed by atoms with Crippen LogP contribution in [0.5, 0.6) is 0 Å². The number of esters is 1. The van der Waals surface area contributed by atoms with E-state index >= 15 is 0 Å². The zero-order valence-electron chi connectivity index (χ0n) is 14.0. The number of hydrogen-bond donors (Lipinski definition) is 1. The first-order valence-corrected chi connectivity index (χ1v) is 10.8. The maximum absolute atomic E-state index is 12.3. The minimum Gasteiger partial charge on any atom is -0.460 e. The number of alkyl halides is 3. The lowest BCUT2D eigenvalue weighted by Gasteiger charge is -2.48. The van der Waals surface area contributed by atoms with Gasteiger partial charge in [-0.1, -0.05) is 40.9 Å². The molecule has 0 spiro atoms. The molecule has 1 fully saturated rings. The van der Waals surface area contributed by atoms with Crippen LogP contribution in [-0.4, -0.2) is 49.7 Å². The highest BCUT2D eigenvalue weighted by molar-refractivity contribution is 8.01. The normalized spacial score (nSPS) is 24.6. The highest BCUT2D eigenvalue weighted by Crippen LogP contribution is 2.41. The van der Waals surface area contributed by atoms with E-state index in [1.807, 2.05) is 17.5 Å². The second kappa shape index (κ2) is 8.21. The molecule has 27 heavy (non-hydrogen) atoms. The second-order valence-electron chi connectivity index (χ2n) is 6.05. The summed E-state index contributed by atoms with van der Waals surface area (Å²) in [6.07, 6.45) is 1.81. The fourth-order valence-electron chi connectivity index (χ4n) is 2.70. The molecular formula is C16H15Cl3N2O4S2. The summed E-state index contributed by atoms with van der Waals surface area (Å²) in [7, 11) is 0. The summed E-state index contributed by atoms with van der Waals surface area (Å²) >= 11 is 19.5. The van der Waals surface area contributed by atoms with Crippen LogP contribution in [0.3, 0.4) is 0 Å². The van der Waals surface area contributed by atoms with E-state index in [-0.39, 0.29) is 30.2 Å². The van der Waals surface area contributed by atoms with Crippen LogP contribution in [0.2, 0.25) is 0 Å². The maximum atomic E-state index is 12.3. The molecule has 1 aromatic rings. The van der Waals surface area contributed by atoms with Crippen molar-refractivity contribution < 1.29 is 19.1 Å². The Morgan fingerprint density at radius 1 is 1.37 bits per heavy atom. The molecule has 11 heteroatoms. The van der Waals surface area contributed by atoms with Crippen molar-refractivity contribution in [2.45, 2.75) is 33.8 Å². The fraction of sp³-hybridized carbons (Fsp3) is 0.438. The first kappa shape index (κ1) is 20.8. The Morgan fingerprint density at radius 2 is 2.11 bits per heavy atom. The molecule has 2 unspecified atom stereocenters. The van der Waals surface area contributed by atoms with E-state index in [1.54, 1.807) is 13.1 Å². The van der Waals surface area contributed by atoms with Gasteiger partial charge in [-0.2, -0.15) is 0 Å². The van der Waals surface area contributed by atoms with Crippen molar-refractivity contribution in [3.63, 3.8) is 0 Å². The number of halogens is 3. The van der Waals surface area contributed by atoms with Crippen molar-refractivity contribution in [3.05, 3.63) is 34.2 Å². The standard InChI is InChI=1S/C16H15Cl3N2O4S2/c1-8-6-21-13(23)11(20-10(22)5-9-3-2-4-26-9)14(21)27-12(8)15(24)25-7-16(17,18)19/h2-4,6,11-12,14H,5,7H2,1H3,(H,20,22)/t11?,12?,14-/m1/s1. The number of thiophene rings is 1. The molecule has 2 amide bonds. The third-order valence-electron chi connectivity index (χ3n) is 3.94. The molecule has 2 aliphatic rings. The Kier molecular flexibility index (Phi) is 6.32. The summed E-state index contributed by atoms with van der Waals surface area (Å²) in [4.78, 5) is 39.2. The summed E-state index contributed by atoms with van der Waals surface area (Å²) in [5.41, 5.74) is 0.655. The zero-order valence-corrected chi connectivity index (χ0v) is 17.9. The molecule has 3 atom stereocenters. The predicted molar refractivity (Wildman–Crippen MR) is 107 cm³/mol. The first-order valence-electron chi connectivity index (χ1n) is 7.87. The molecule has 3 heterocycles. The molecule has 1 N–H and O–H groups in total. The number of ether oxygens (including phenoxy) is 1. The number of amides is 2. The topological polar surface area (TPSA) is 75.7 Å². The maximum Gasteiger partial charge on any atom is 0.323 e. The molecule has 146 valence electrons. The average Bonchev–Trinajstić information content (AvgIpc) is 3.09. The average molecular weight is 470 g/mol. The highest BCUT2D eigenvalue weighted by atomic mass is 35.6. The summed E-state index contributed by atoms with van der Waals surface area (Å²) in [6, 6.07) is 3.04. The van der Waals surface area contributed by atoms with Crippen LogP contribution in [0.15, 0.2) is 29.3 Å². The quantitative estimate of drug-likeness (QED) is 0.408. The molecule has 3 rings (SSSR count). The number of carbonyl (C=O) groups is 3. The van der Waals surface area contributed by atoms with Crippen LogP contribution >= 0.6 is 57.9 Å². The number of carbonyl (C=O) groups excluding carboxylic acids is 3. The molecule has 1 saturated heterocycles. The number of rotatable bonds is 5. The number of hydrogen-bond acceptors (Lipinski definition) is 6. The van der Waals surface area contributed by atoms with Crippen molar-refractivity contribution in [1.29, 1.82) is 0 Å². The number of thioether (sulfide) groups is 1. The lowest BCUT2D eigenvalue weighted by molar-refractivity contribution is -0.146. The van der Waals surface area contributed by atoms with Crippen molar-refractivity contribution in [1.82, 2.24) is 10.2 Å². The molecule has 0 aromatic carbocycles. The third kappa shape index (κ3) is 4.92. The highest BCUT2D eigenvalue weighted by Gasteiger charge is 2.52. The molecule has 0 radical (unpaired) electrons. The van der Waals surface area contributed by atoms with Crippen LogP contribution in [-0.2, 0) is 25.5 Å². The molecule has 0 bridgehead atoms. The Balaban J connectivity index is 1.61. The molecule has 0 saturated carbocycles. The van der Waals surface area contributed by atoms with Crippen molar-refractivity contribution >= 4 is 75.7 Å². The molecule has 6 nitrogen and oxygen atoms in total. The molecular weight excluding hydrogens is 455 g/mol. The van der Waals surface area contributed by atoms with Gasteiger partial charge in [0.1, 0.15) is 23.3 Å². The van der Waals surface area contributed by atoms with Gasteiger partial charge in [-0.15, -0.1) is 23.1 Å². The van der Waals surface area contributed by atoms with Gasteiger partial charge in [-0.05, 0) is 23.9 Å². The van der Waals surface area contributed by atoms with Crippen LogP contribution in [0.4, 0.5) is 0 Å². The van der Waals surface area contributed by atoms with Gasteiger partial charge < -0.3 is 15.0 Å². The van der Waals surface area contributed by atoms with E-state index in [4.69, 9.17) is 39.5 Å². The van der Waals surface area contributed by atoms with Crippen molar-refractivity contribution in [2.24, 2.45) is 0 Å². The van der Waals surface area contributed by atoms with Gasteiger partial charge in [0.05, 0.1) is 6.42 Å². The smallest absolute Gasteiger partial charge is 0.323 e. The van der Waals surface area contributed by atoms with Gasteiger partial charge in [0, 0.05) is 11.1 Å². The monoisotopic (exact) mass is 468 g/mol. The summed E-state index contributed by atoms with van der Waals surface area (Å²) in [5.74, 6) is -1.00. The Labute approximate surface area is 179 Å². The van der Waals surface area contributed by atoms with Crippen LogP contribution in [0.25, 0.3) is 0 Å². The SMILES string of the molecule is CC1=CN2C(=O)C(NC(=O)Cc3cccs3)[C@H]2SC1C(=O)OCC(Cl)(Cl)Cl. The Bertz CT molecular complexity index is 779. The van der Waals surface area contributed by atoms with Crippen LogP contribution in [0.1, 0.15) is 11.8 Å². The lowest BCUT2D eigenvalue weighted by Crippen LogP contribution is -2.69. The van der Waals surface area contributed by atoms with Crippen molar-refractivity contribution in [2.75, 3.05) is 6.61 Å². The van der Waals surface area contributed by atoms with Crippen LogP contribution < -0.4 is 5.32 Å². The van der Waals surface area contributed by atoms with E-state index in [9.17, 15) is 14.4 Å². The van der Waals surface area contributed by atoms with Gasteiger partial charge in [-0.25, -0.2) is 0 Å². The fourth-order valence-corrected chi connectivity index (χ4v) is 4.94. The lowest BCUT2D eigenvalue weighted by atomic mass is 10.1. The van der Waals surface area contributed by atoms with Crippen molar-refractivity contribution in [3.8, 4) is 0 Å². The van der Waals surface area contributed by atoms with Gasteiger partial charge in [0.15, 0.2) is 0 Å². The van der Waals surface area contributed by atoms with Gasteiger partial charge in [0.25, 0.3) is 5.91 Å². The Morgan fingerprint density at radius 3 is 2.74 bits per heavy atom. The minimum absolute atomic E-state index is 0.209. The minimum atomic E-state index is -1.69. The van der Waals surface area contributed by atoms with E-state index < -0.39 is 21.1 Å². The number of nitrogens with zero attached hydrogens (tertiary/aromatic N) is 1. The zero-order chi connectivity index (χ0) is 19.8. The third-order valence-corrected chi connectivity index (χ3v) is 6.75. The number of fused-ring (bicyclic) bond motifs is 1. The first-order chi connectivity index (χ1) is 12.7. The van der Waals surface area contributed by atoms with Gasteiger partial charge in [0.2, 0.25) is 9.70 Å². The predicted octanol–water partition coefficient (Wildman–Crippen LogP) is 2.88. The molecule has 2 aliphatic heterocycles. The van der Waals surface area contributed by atoms with Gasteiger partial charge in [-0.3, -0.25) is 14.4 Å². The van der Waals surface area contributed by atoms with Gasteiger partial charge >= 0.3 is 5.97 Å². The Hall–Kier alpha value is -0.930. The van der Waals surface area contributed by atoms with E-state index in [0.717, 1.165) is 4.88 Å². The molecule has 0 aliphatic carbocycles. The molecule has 1 aromatic heterocycles.